The highest BCUT2D eigenvalue weighted by Crippen LogP contribution is 2.27. The fourth-order valence-electron chi connectivity index (χ4n) is 3.29. The molecule has 1 heterocycles. The third kappa shape index (κ3) is 5.10. The van der Waals surface area contributed by atoms with Gasteiger partial charge in [-0.15, -0.1) is 0 Å². The molecule has 0 radical (unpaired) electrons. The maximum atomic E-state index is 5.72. The van der Waals surface area contributed by atoms with Gasteiger partial charge in [-0.3, -0.25) is 4.90 Å². The molecule has 3 rings (SSSR count). The molecular weight excluding hydrogens is 354 g/mol. The lowest BCUT2D eigenvalue weighted by Gasteiger charge is -2.28. The first kappa shape index (κ1) is 19.9. The number of benzene rings is 2. The van der Waals surface area contributed by atoms with Crippen molar-refractivity contribution in [3.8, 4) is 11.5 Å². The van der Waals surface area contributed by atoms with Crippen molar-refractivity contribution in [3.63, 3.8) is 0 Å². The molecule has 0 aliphatic carbocycles. The molecule has 6 heteroatoms. The van der Waals surface area contributed by atoms with Crippen LogP contribution >= 0.6 is 0 Å². The summed E-state index contributed by atoms with van der Waals surface area (Å²) < 4.78 is 16.0. The average Bonchev–Trinajstić information content (AvgIpc) is 3.13. The second-order valence-electron chi connectivity index (χ2n) is 6.78. The van der Waals surface area contributed by atoms with Gasteiger partial charge < -0.3 is 14.0 Å². The van der Waals surface area contributed by atoms with Crippen LogP contribution in [0.2, 0.25) is 0 Å². The van der Waals surface area contributed by atoms with Crippen molar-refractivity contribution in [3.05, 3.63) is 71.4 Å². The Morgan fingerprint density at radius 3 is 2.54 bits per heavy atom. The zero-order valence-corrected chi connectivity index (χ0v) is 16.9. The molecule has 0 amide bonds. The second kappa shape index (κ2) is 9.37. The Balaban J connectivity index is 1.60. The highest BCUT2D eigenvalue weighted by atomic mass is 16.5. The minimum absolute atomic E-state index is 0.296. The first-order valence-electron chi connectivity index (χ1n) is 9.44. The van der Waals surface area contributed by atoms with E-state index in [1.807, 2.05) is 24.3 Å². The van der Waals surface area contributed by atoms with E-state index in [1.165, 1.54) is 11.1 Å². The van der Waals surface area contributed by atoms with Crippen LogP contribution < -0.4 is 9.47 Å². The lowest BCUT2D eigenvalue weighted by atomic mass is 10.0. The molecule has 148 valence electrons. The first-order valence-corrected chi connectivity index (χ1v) is 9.44. The number of rotatable bonds is 9. The Morgan fingerprint density at radius 2 is 1.89 bits per heavy atom. The normalized spacial score (nSPS) is 12.2. The van der Waals surface area contributed by atoms with E-state index < -0.39 is 0 Å². The molecule has 0 bridgehead atoms. The van der Waals surface area contributed by atoms with Gasteiger partial charge in [0.1, 0.15) is 11.5 Å². The number of aromatic nitrogens is 2. The minimum atomic E-state index is 0.296. The molecule has 1 unspecified atom stereocenters. The summed E-state index contributed by atoms with van der Waals surface area (Å²) in [6.45, 7) is 5.11. The topological polar surface area (TPSA) is 60.6 Å². The number of aryl methyl sites for hydroxylation is 1. The number of hydrogen-bond donors (Lipinski definition) is 0. The van der Waals surface area contributed by atoms with Gasteiger partial charge in [0.05, 0.1) is 7.11 Å². The fraction of sp³-hybridized carbons (Fsp3) is 0.364. The summed E-state index contributed by atoms with van der Waals surface area (Å²) in [5.41, 5.74) is 2.49. The molecule has 1 atom stereocenters. The molecule has 6 nitrogen and oxygen atoms in total. The Bertz CT molecular complexity index is 877. The largest absolute Gasteiger partial charge is 0.497 e. The number of ether oxygens (including phenoxy) is 2. The molecule has 0 saturated carbocycles. The quantitative estimate of drug-likeness (QED) is 0.542. The van der Waals surface area contributed by atoms with E-state index in [-0.39, 0.29) is 0 Å². The zero-order chi connectivity index (χ0) is 19.9. The molecule has 2 aromatic carbocycles. The van der Waals surface area contributed by atoms with Crippen molar-refractivity contribution in [2.24, 2.45) is 0 Å². The van der Waals surface area contributed by atoms with Crippen LogP contribution in [0, 0.1) is 6.92 Å². The summed E-state index contributed by atoms with van der Waals surface area (Å²) in [6, 6.07) is 16.7. The van der Waals surface area contributed by atoms with Crippen molar-refractivity contribution in [2.75, 3.05) is 14.2 Å². The third-order valence-corrected chi connectivity index (χ3v) is 4.69. The molecule has 3 aromatic rings. The van der Waals surface area contributed by atoms with Gasteiger partial charge in [0.15, 0.2) is 6.61 Å². The summed E-state index contributed by atoms with van der Waals surface area (Å²) in [6.07, 6.45) is 1.02. The van der Waals surface area contributed by atoms with Crippen LogP contribution in [0.3, 0.4) is 0 Å². The number of methoxy groups -OCH3 is 1. The molecule has 0 spiro atoms. The fourth-order valence-corrected chi connectivity index (χ4v) is 3.29. The Morgan fingerprint density at radius 1 is 1.11 bits per heavy atom. The van der Waals surface area contributed by atoms with Crippen molar-refractivity contribution >= 4 is 0 Å². The lowest BCUT2D eigenvalue weighted by molar-refractivity contribution is 0.229. The van der Waals surface area contributed by atoms with Crippen molar-refractivity contribution in [2.45, 2.75) is 39.5 Å². The third-order valence-electron chi connectivity index (χ3n) is 4.69. The molecule has 0 saturated heterocycles. The van der Waals surface area contributed by atoms with E-state index in [4.69, 9.17) is 14.0 Å². The van der Waals surface area contributed by atoms with Crippen molar-refractivity contribution in [1.29, 1.82) is 0 Å². The van der Waals surface area contributed by atoms with E-state index in [1.54, 1.807) is 14.0 Å². The number of nitrogens with zero attached hydrogens (tertiary/aromatic N) is 3. The van der Waals surface area contributed by atoms with E-state index >= 15 is 0 Å². The van der Waals surface area contributed by atoms with Crippen molar-refractivity contribution in [1.82, 2.24) is 15.0 Å². The first-order chi connectivity index (χ1) is 13.6. The van der Waals surface area contributed by atoms with Crippen LogP contribution in [0.4, 0.5) is 0 Å². The molecule has 0 aliphatic rings. The van der Waals surface area contributed by atoms with E-state index in [2.05, 4.69) is 53.3 Å². The SMILES string of the molecule is CCC(c1cccc(OC)c1)N(C)Cc1ccc(OCc2noc(C)n2)cc1. The summed E-state index contributed by atoms with van der Waals surface area (Å²) in [5.74, 6) is 2.76. The van der Waals surface area contributed by atoms with Crippen LogP contribution in [0.15, 0.2) is 53.1 Å². The maximum Gasteiger partial charge on any atom is 0.223 e. The molecule has 28 heavy (non-hydrogen) atoms. The summed E-state index contributed by atoms with van der Waals surface area (Å²) in [5, 5.41) is 3.83. The van der Waals surface area contributed by atoms with Gasteiger partial charge in [0.2, 0.25) is 11.7 Å². The highest BCUT2D eigenvalue weighted by molar-refractivity contribution is 5.31. The van der Waals surface area contributed by atoms with Gasteiger partial charge in [-0.05, 0) is 48.9 Å². The van der Waals surface area contributed by atoms with E-state index in [9.17, 15) is 0 Å². The van der Waals surface area contributed by atoms with Crippen LogP contribution in [0.1, 0.15) is 42.2 Å². The smallest absolute Gasteiger partial charge is 0.223 e. The molecule has 1 aromatic heterocycles. The van der Waals surface area contributed by atoms with Gasteiger partial charge >= 0.3 is 0 Å². The highest BCUT2D eigenvalue weighted by Gasteiger charge is 2.16. The number of hydrogen-bond acceptors (Lipinski definition) is 6. The van der Waals surface area contributed by atoms with Crippen LogP contribution in [-0.4, -0.2) is 29.2 Å². The van der Waals surface area contributed by atoms with E-state index in [0.717, 1.165) is 24.5 Å². The molecule has 0 N–H and O–H groups in total. The van der Waals surface area contributed by atoms with Crippen LogP contribution in [0.25, 0.3) is 0 Å². The Hall–Kier alpha value is -2.86. The summed E-state index contributed by atoms with van der Waals surface area (Å²) in [4.78, 5) is 6.49. The van der Waals surface area contributed by atoms with Crippen molar-refractivity contribution < 1.29 is 14.0 Å². The lowest BCUT2D eigenvalue weighted by Crippen LogP contribution is -2.23. The predicted molar refractivity (Wildman–Crippen MR) is 107 cm³/mol. The maximum absolute atomic E-state index is 5.72. The summed E-state index contributed by atoms with van der Waals surface area (Å²) in [7, 11) is 3.85. The second-order valence-corrected chi connectivity index (χ2v) is 6.78. The van der Waals surface area contributed by atoms with Gasteiger partial charge in [-0.1, -0.05) is 36.3 Å². The monoisotopic (exact) mass is 381 g/mol. The molecular formula is C22H27N3O3. The molecule has 0 aliphatic heterocycles. The predicted octanol–water partition coefficient (Wildman–Crippen LogP) is 4.55. The minimum Gasteiger partial charge on any atom is -0.497 e. The van der Waals surface area contributed by atoms with Gasteiger partial charge in [0.25, 0.3) is 0 Å². The van der Waals surface area contributed by atoms with Gasteiger partial charge in [-0.2, -0.15) is 4.98 Å². The Labute approximate surface area is 166 Å². The van der Waals surface area contributed by atoms with Gasteiger partial charge in [-0.25, -0.2) is 0 Å². The van der Waals surface area contributed by atoms with Crippen LogP contribution in [-0.2, 0) is 13.2 Å². The van der Waals surface area contributed by atoms with Crippen LogP contribution in [0.5, 0.6) is 11.5 Å². The summed E-state index contributed by atoms with van der Waals surface area (Å²) >= 11 is 0. The Kier molecular flexibility index (Phi) is 6.66. The van der Waals surface area contributed by atoms with Gasteiger partial charge in [0, 0.05) is 19.5 Å². The standard InChI is InChI=1S/C22H27N3O3/c1-5-21(18-7-6-8-20(13-18)26-4)25(3)14-17-9-11-19(12-10-17)27-15-22-23-16(2)28-24-22/h6-13,21H,5,14-15H2,1-4H3. The zero-order valence-electron chi connectivity index (χ0n) is 16.9. The van der Waals surface area contributed by atoms with E-state index in [0.29, 0.717) is 24.4 Å². The average molecular weight is 381 g/mol. The molecule has 0 fully saturated rings.